The van der Waals surface area contributed by atoms with Crippen LogP contribution in [0.3, 0.4) is 0 Å². The molecule has 2 aromatic rings. The normalized spacial score (nSPS) is 17.6. The van der Waals surface area contributed by atoms with Gasteiger partial charge in [0.05, 0.1) is 11.8 Å². The van der Waals surface area contributed by atoms with Crippen molar-refractivity contribution in [3.8, 4) is 0 Å². The molecule has 0 saturated heterocycles. The fourth-order valence-electron chi connectivity index (χ4n) is 2.71. The summed E-state index contributed by atoms with van der Waals surface area (Å²) in [4.78, 5) is 24.6. The molecule has 8 nitrogen and oxygen atoms in total. The first-order chi connectivity index (χ1) is 12.8. The van der Waals surface area contributed by atoms with Gasteiger partial charge < -0.3 is 22.1 Å². The van der Waals surface area contributed by atoms with Crippen molar-refractivity contribution in [2.45, 2.75) is 6.42 Å². The molecule has 2 amide bonds. The molecule has 1 aliphatic carbocycles. The maximum absolute atomic E-state index is 12.3. The van der Waals surface area contributed by atoms with E-state index in [1.54, 1.807) is 48.5 Å². The lowest BCUT2D eigenvalue weighted by Gasteiger charge is -2.07. The predicted molar refractivity (Wildman–Crippen MR) is 104 cm³/mol. The Morgan fingerprint density at radius 1 is 0.741 bits per heavy atom. The Bertz CT molecular complexity index is 829. The minimum atomic E-state index is -0.367. The zero-order chi connectivity index (χ0) is 19.6. The van der Waals surface area contributed by atoms with Crippen LogP contribution in [0.1, 0.15) is 17.5 Å². The topological polar surface area (TPSA) is 158 Å². The van der Waals surface area contributed by atoms with E-state index < -0.39 is 0 Å². The highest BCUT2D eigenvalue weighted by molar-refractivity contribution is 6.04. The fourth-order valence-corrected chi connectivity index (χ4v) is 2.71. The van der Waals surface area contributed by atoms with Crippen molar-refractivity contribution in [3.63, 3.8) is 0 Å². The smallest absolute Gasteiger partial charge is 0.228 e. The van der Waals surface area contributed by atoms with E-state index in [1.807, 2.05) is 0 Å². The number of hydrogen-bond donors (Lipinski definition) is 6. The third-order valence-electron chi connectivity index (χ3n) is 4.39. The maximum atomic E-state index is 12.3. The average molecular weight is 364 g/mol. The molecule has 0 heterocycles. The molecule has 0 spiro atoms. The quantitative estimate of drug-likeness (QED) is 0.339. The second-order valence-corrected chi connectivity index (χ2v) is 6.41. The molecule has 0 unspecified atom stereocenters. The van der Waals surface area contributed by atoms with Crippen LogP contribution >= 0.6 is 0 Å². The zero-order valence-corrected chi connectivity index (χ0v) is 14.5. The van der Waals surface area contributed by atoms with Gasteiger partial charge in [0.25, 0.3) is 0 Å². The monoisotopic (exact) mass is 364 g/mol. The van der Waals surface area contributed by atoms with Crippen LogP contribution in [0.2, 0.25) is 0 Å². The summed E-state index contributed by atoms with van der Waals surface area (Å²) < 4.78 is 0. The van der Waals surface area contributed by atoms with Crippen molar-refractivity contribution >= 4 is 34.9 Å². The molecule has 0 aliphatic heterocycles. The lowest BCUT2D eigenvalue weighted by Crippen LogP contribution is -2.20. The summed E-state index contributed by atoms with van der Waals surface area (Å²) in [7, 11) is 0. The summed E-state index contributed by atoms with van der Waals surface area (Å²) in [6, 6.07) is 13.3. The van der Waals surface area contributed by atoms with Gasteiger partial charge in [0.2, 0.25) is 11.8 Å². The van der Waals surface area contributed by atoms with Gasteiger partial charge in [-0.1, -0.05) is 0 Å². The van der Waals surface area contributed by atoms with Crippen LogP contribution in [0, 0.1) is 22.7 Å². The lowest BCUT2D eigenvalue weighted by atomic mass is 10.2. The van der Waals surface area contributed by atoms with E-state index in [0.717, 1.165) is 0 Å². The second-order valence-electron chi connectivity index (χ2n) is 6.41. The molecule has 27 heavy (non-hydrogen) atoms. The van der Waals surface area contributed by atoms with Crippen LogP contribution in [0.5, 0.6) is 0 Å². The number of benzene rings is 2. The van der Waals surface area contributed by atoms with Gasteiger partial charge in [0.1, 0.15) is 11.7 Å². The van der Waals surface area contributed by atoms with Gasteiger partial charge in [0.15, 0.2) is 0 Å². The third kappa shape index (κ3) is 4.30. The van der Waals surface area contributed by atoms with E-state index in [-0.39, 0.29) is 35.3 Å². The van der Waals surface area contributed by atoms with E-state index in [2.05, 4.69) is 10.6 Å². The van der Waals surface area contributed by atoms with Crippen LogP contribution < -0.4 is 22.1 Å². The number of hydrogen-bond acceptors (Lipinski definition) is 4. The van der Waals surface area contributed by atoms with Crippen LogP contribution in [-0.4, -0.2) is 23.5 Å². The summed E-state index contributed by atoms with van der Waals surface area (Å²) >= 11 is 0. The number of carbonyl (C=O) groups is 2. The van der Waals surface area contributed by atoms with E-state index >= 15 is 0 Å². The van der Waals surface area contributed by atoms with Gasteiger partial charge in [-0.2, -0.15) is 0 Å². The van der Waals surface area contributed by atoms with Crippen LogP contribution in [0.25, 0.3) is 0 Å². The lowest BCUT2D eigenvalue weighted by molar-refractivity contribution is -0.122. The first-order valence-electron chi connectivity index (χ1n) is 8.36. The highest BCUT2D eigenvalue weighted by Crippen LogP contribution is 2.40. The molecule has 1 saturated carbocycles. The first kappa shape index (κ1) is 18.1. The fraction of sp³-hybridized carbons (Fsp3) is 0.158. The highest BCUT2D eigenvalue weighted by atomic mass is 16.2. The number of nitrogens with one attached hydrogen (secondary N) is 4. The number of nitrogen functional groups attached to an aromatic ring is 2. The largest absolute Gasteiger partial charge is 0.384 e. The van der Waals surface area contributed by atoms with E-state index in [9.17, 15) is 9.59 Å². The molecule has 3 rings (SSSR count). The molecule has 8 heteroatoms. The molecule has 0 radical (unpaired) electrons. The first-order valence-corrected chi connectivity index (χ1v) is 8.36. The SMILES string of the molecule is N=C(N)c1ccc(NC(=O)[C@H]2C[C@H]2C(=O)Nc2ccc(C(=N)N)cc2)cc1. The third-order valence-corrected chi connectivity index (χ3v) is 4.39. The van der Waals surface area contributed by atoms with Crippen molar-refractivity contribution < 1.29 is 9.59 Å². The molecular weight excluding hydrogens is 344 g/mol. The number of amides is 2. The average Bonchev–Trinajstić information content (AvgIpc) is 3.43. The molecule has 2 atom stereocenters. The minimum absolute atomic E-state index is 0.0388. The summed E-state index contributed by atoms with van der Waals surface area (Å²) in [6.07, 6.45) is 0.495. The minimum Gasteiger partial charge on any atom is -0.384 e. The van der Waals surface area contributed by atoms with Crippen molar-refractivity contribution in [1.29, 1.82) is 10.8 Å². The number of rotatable bonds is 6. The molecule has 8 N–H and O–H groups in total. The van der Waals surface area contributed by atoms with Gasteiger partial charge in [-0.15, -0.1) is 0 Å². The molecule has 2 aromatic carbocycles. The Balaban J connectivity index is 1.53. The molecule has 1 fully saturated rings. The summed E-state index contributed by atoms with van der Waals surface area (Å²) in [5.74, 6) is -1.23. The Morgan fingerprint density at radius 3 is 1.37 bits per heavy atom. The number of nitrogens with two attached hydrogens (primary N) is 2. The Hall–Kier alpha value is -3.68. The van der Waals surface area contributed by atoms with Gasteiger partial charge in [-0.05, 0) is 55.0 Å². The van der Waals surface area contributed by atoms with Crippen LogP contribution in [0.4, 0.5) is 11.4 Å². The second kappa shape index (κ2) is 7.28. The molecule has 138 valence electrons. The Kier molecular flexibility index (Phi) is 4.89. The summed E-state index contributed by atoms with van der Waals surface area (Å²) in [6.45, 7) is 0. The highest BCUT2D eigenvalue weighted by Gasteiger charge is 2.48. The molecule has 0 aromatic heterocycles. The number of anilines is 2. The zero-order valence-electron chi connectivity index (χ0n) is 14.5. The van der Waals surface area contributed by atoms with Gasteiger partial charge in [0, 0.05) is 22.5 Å². The number of carbonyl (C=O) groups excluding carboxylic acids is 2. The van der Waals surface area contributed by atoms with Gasteiger partial charge in [-0.3, -0.25) is 20.4 Å². The van der Waals surface area contributed by atoms with Crippen LogP contribution in [0.15, 0.2) is 48.5 Å². The van der Waals surface area contributed by atoms with Gasteiger partial charge >= 0.3 is 0 Å². The maximum Gasteiger partial charge on any atom is 0.228 e. The number of amidine groups is 2. The van der Waals surface area contributed by atoms with Crippen molar-refractivity contribution in [3.05, 3.63) is 59.7 Å². The molecule has 1 aliphatic rings. The van der Waals surface area contributed by atoms with E-state index in [0.29, 0.717) is 28.9 Å². The summed E-state index contributed by atoms with van der Waals surface area (Å²) in [5.41, 5.74) is 13.1. The van der Waals surface area contributed by atoms with E-state index in [4.69, 9.17) is 22.3 Å². The Labute approximate surface area is 156 Å². The molecule has 0 bridgehead atoms. The Morgan fingerprint density at radius 2 is 1.07 bits per heavy atom. The molecular formula is C19H20N6O2. The van der Waals surface area contributed by atoms with E-state index in [1.165, 1.54) is 0 Å². The summed E-state index contributed by atoms with van der Waals surface area (Å²) in [5, 5.41) is 20.2. The van der Waals surface area contributed by atoms with Crippen molar-refractivity contribution in [1.82, 2.24) is 0 Å². The van der Waals surface area contributed by atoms with Gasteiger partial charge in [-0.25, -0.2) is 0 Å². The predicted octanol–water partition coefficient (Wildman–Crippen LogP) is 1.47. The van der Waals surface area contributed by atoms with Crippen LogP contribution in [-0.2, 0) is 9.59 Å². The van der Waals surface area contributed by atoms with Crippen molar-refractivity contribution in [2.24, 2.45) is 23.3 Å². The standard InChI is InChI=1S/C19H20N6O2/c20-16(21)10-1-5-12(6-2-10)24-18(26)14-9-15(14)19(27)25-13-7-3-11(4-8-13)17(22)23/h1-8,14-15H,9H2,(H3,20,21)(H3,22,23)(H,24,26)(H,25,27)/t14-,15+. The van der Waals surface area contributed by atoms with Crippen molar-refractivity contribution in [2.75, 3.05) is 10.6 Å².